The SMILES string of the molecule is CC(C)(C)c1ccc(N(C(=O)C2CC(O)CN2C#N)C(C(=O)NC2CCC(F)(F)CC2)C2CCNC(=O)C2)cc1. The fraction of sp³-hybridized carbons (Fsp3) is 0.655. The van der Waals surface area contributed by atoms with E-state index in [2.05, 4.69) is 31.4 Å². The molecule has 11 heteroatoms. The summed E-state index contributed by atoms with van der Waals surface area (Å²) in [5.74, 6) is -4.57. The minimum Gasteiger partial charge on any atom is -0.391 e. The summed E-state index contributed by atoms with van der Waals surface area (Å²) in [7, 11) is 0. The summed E-state index contributed by atoms with van der Waals surface area (Å²) in [5, 5.41) is 25.6. The normalized spacial score (nSPS) is 26.0. The molecule has 3 fully saturated rings. The van der Waals surface area contributed by atoms with Crippen LogP contribution < -0.4 is 15.5 Å². The van der Waals surface area contributed by atoms with Gasteiger partial charge >= 0.3 is 0 Å². The second-order valence-electron chi connectivity index (χ2n) is 12.3. The van der Waals surface area contributed by atoms with Gasteiger partial charge in [-0.2, -0.15) is 5.26 Å². The molecule has 0 radical (unpaired) electrons. The lowest BCUT2D eigenvalue weighted by Crippen LogP contribution is -2.60. The summed E-state index contributed by atoms with van der Waals surface area (Å²) < 4.78 is 27.6. The van der Waals surface area contributed by atoms with E-state index < -0.39 is 47.9 Å². The van der Waals surface area contributed by atoms with Crippen LogP contribution in [0.5, 0.6) is 0 Å². The number of alkyl halides is 2. The van der Waals surface area contributed by atoms with E-state index in [4.69, 9.17) is 0 Å². The Morgan fingerprint density at radius 3 is 2.42 bits per heavy atom. The molecule has 4 atom stereocenters. The number of piperidine rings is 1. The topological polar surface area (TPSA) is 126 Å². The quantitative estimate of drug-likeness (QED) is 0.461. The third-order valence-corrected chi connectivity index (χ3v) is 8.28. The largest absolute Gasteiger partial charge is 0.391 e. The lowest BCUT2D eigenvalue weighted by molar-refractivity contribution is -0.132. The van der Waals surface area contributed by atoms with Gasteiger partial charge in [0.15, 0.2) is 6.19 Å². The third kappa shape index (κ3) is 6.72. The maximum Gasteiger partial charge on any atom is 0.251 e. The second-order valence-corrected chi connectivity index (χ2v) is 12.3. The van der Waals surface area contributed by atoms with Crippen molar-refractivity contribution in [3.8, 4) is 6.19 Å². The highest BCUT2D eigenvalue weighted by molar-refractivity contribution is 6.04. The fourth-order valence-corrected chi connectivity index (χ4v) is 5.96. The number of nitrogens with one attached hydrogen (secondary N) is 2. The van der Waals surface area contributed by atoms with E-state index in [-0.39, 0.29) is 56.4 Å². The van der Waals surface area contributed by atoms with Crippen molar-refractivity contribution >= 4 is 23.4 Å². The molecular formula is C29H39F2N5O4. The first-order valence-corrected chi connectivity index (χ1v) is 14.0. The van der Waals surface area contributed by atoms with E-state index in [1.807, 2.05) is 18.3 Å². The lowest BCUT2D eigenvalue weighted by Gasteiger charge is -2.40. The molecule has 2 saturated heterocycles. The van der Waals surface area contributed by atoms with E-state index in [0.29, 0.717) is 18.7 Å². The van der Waals surface area contributed by atoms with Gasteiger partial charge in [0.1, 0.15) is 12.1 Å². The summed E-state index contributed by atoms with van der Waals surface area (Å²) in [6.07, 6.45) is 1.14. The number of rotatable bonds is 6. The highest BCUT2D eigenvalue weighted by Crippen LogP contribution is 2.35. The molecular weight excluding hydrogens is 520 g/mol. The third-order valence-electron chi connectivity index (χ3n) is 8.28. The van der Waals surface area contributed by atoms with Crippen LogP contribution >= 0.6 is 0 Å². The van der Waals surface area contributed by atoms with E-state index in [1.165, 1.54) is 9.80 Å². The number of benzene rings is 1. The molecule has 2 aliphatic heterocycles. The molecule has 1 aromatic carbocycles. The number of hydrogen-bond acceptors (Lipinski definition) is 6. The summed E-state index contributed by atoms with van der Waals surface area (Å²) in [6, 6.07) is 4.70. The number of nitrogens with zero attached hydrogens (tertiary/aromatic N) is 3. The Balaban J connectivity index is 1.74. The molecule has 4 rings (SSSR count). The van der Waals surface area contributed by atoms with Crippen molar-refractivity contribution in [3.05, 3.63) is 29.8 Å². The average molecular weight is 560 g/mol. The summed E-state index contributed by atoms with van der Waals surface area (Å²) >= 11 is 0. The van der Waals surface area contributed by atoms with Crippen molar-refractivity contribution in [2.24, 2.45) is 5.92 Å². The number of anilines is 1. The summed E-state index contributed by atoms with van der Waals surface area (Å²) in [4.78, 5) is 43.3. The van der Waals surface area contributed by atoms with Gasteiger partial charge in [-0.15, -0.1) is 0 Å². The molecule has 3 aliphatic rings. The predicted octanol–water partition coefficient (Wildman–Crippen LogP) is 2.82. The van der Waals surface area contributed by atoms with Gasteiger partial charge in [0.25, 0.3) is 5.91 Å². The van der Waals surface area contributed by atoms with Crippen LogP contribution in [0.25, 0.3) is 0 Å². The van der Waals surface area contributed by atoms with Crippen molar-refractivity contribution in [2.75, 3.05) is 18.0 Å². The maximum absolute atomic E-state index is 14.2. The van der Waals surface area contributed by atoms with Crippen LogP contribution in [0.15, 0.2) is 24.3 Å². The van der Waals surface area contributed by atoms with E-state index in [9.17, 15) is 33.5 Å². The Kier molecular flexibility index (Phi) is 8.69. The van der Waals surface area contributed by atoms with Crippen LogP contribution in [-0.4, -0.2) is 71.0 Å². The van der Waals surface area contributed by atoms with Gasteiger partial charge in [-0.25, -0.2) is 8.78 Å². The first-order chi connectivity index (χ1) is 18.8. The van der Waals surface area contributed by atoms with Gasteiger partial charge in [0, 0.05) is 44.0 Å². The smallest absolute Gasteiger partial charge is 0.251 e. The van der Waals surface area contributed by atoms with Crippen LogP contribution in [0, 0.1) is 17.4 Å². The number of amides is 3. The van der Waals surface area contributed by atoms with Crippen LogP contribution in [0.4, 0.5) is 14.5 Å². The summed E-state index contributed by atoms with van der Waals surface area (Å²) in [6.45, 7) is 6.50. The van der Waals surface area contributed by atoms with Crippen molar-refractivity contribution < 1.29 is 28.3 Å². The molecule has 0 spiro atoms. The van der Waals surface area contributed by atoms with Crippen LogP contribution in [0.1, 0.15) is 71.3 Å². The predicted molar refractivity (Wildman–Crippen MR) is 144 cm³/mol. The number of carbonyl (C=O) groups is 3. The minimum atomic E-state index is -2.76. The van der Waals surface area contributed by atoms with Crippen molar-refractivity contribution in [1.82, 2.24) is 15.5 Å². The van der Waals surface area contributed by atoms with Crippen molar-refractivity contribution in [3.63, 3.8) is 0 Å². The van der Waals surface area contributed by atoms with Crippen molar-refractivity contribution in [2.45, 2.75) is 101 Å². The first kappa shape index (κ1) is 29.7. The van der Waals surface area contributed by atoms with Crippen LogP contribution in [0.2, 0.25) is 0 Å². The van der Waals surface area contributed by atoms with E-state index in [1.54, 1.807) is 12.1 Å². The molecule has 1 aliphatic carbocycles. The number of aliphatic hydroxyl groups is 1. The van der Waals surface area contributed by atoms with Gasteiger partial charge in [-0.3, -0.25) is 24.2 Å². The molecule has 3 amide bonds. The Morgan fingerprint density at radius 1 is 1.20 bits per heavy atom. The maximum atomic E-state index is 14.2. The van der Waals surface area contributed by atoms with Crippen LogP contribution in [-0.2, 0) is 19.8 Å². The lowest BCUT2D eigenvalue weighted by atomic mass is 9.85. The van der Waals surface area contributed by atoms with Gasteiger partial charge in [-0.1, -0.05) is 32.9 Å². The highest BCUT2D eigenvalue weighted by Gasteiger charge is 2.46. The number of halogens is 2. The Labute approximate surface area is 233 Å². The van der Waals surface area contributed by atoms with Gasteiger partial charge in [-0.05, 0) is 48.3 Å². The molecule has 1 saturated carbocycles. The number of aliphatic hydroxyl groups excluding tert-OH is 1. The Hall–Kier alpha value is -3.26. The molecule has 0 aromatic heterocycles. The van der Waals surface area contributed by atoms with Crippen molar-refractivity contribution in [1.29, 1.82) is 5.26 Å². The fourth-order valence-electron chi connectivity index (χ4n) is 5.96. The van der Waals surface area contributed by atoms with E-state index in [0.717, 1.165) is 5.56 Å². The molecule has 218 valence electrons. The van der Waals surface area contributed by atoms with Crippen LogP contribution in [0.3, 0.4) is 0 Å². The number of β-amino-alcohol motifs (C(OH)–C–C–N with tert-alkyl or cyclic N) is 1. The molecule has 4 unspecified atom stereocenters. The zero-order valence-electron chi connectivity index (χ0n) is 23.3. The van der Waals surface area contributed by atoms with Gasteiger partial charge < -0.3 is 15.7 Å². The first-order valence-electron chi connectivity index (χ1n) is 14.0. The number of hydrogen-bond donors (Lipinski definition) is 3. The molecule has 3 N–H and O–H groups in total. The molecule has 2 heterocycles. The highest BCUT2D eigenvalue weighted by atomic mass is 19.3. The van der Waals surface area contributed by atoms with Gasteiger partial charge in [0.2, 0.25) is 17.7 Å². The van der Waals surface area contributed by atoms with Gasteiger partial charge in [0.05, 0.1) is 12.6 Å². The zero-order valence-corrected chi connectivity index (χ0v) is 23.3. The molecule has 0 bridgehead atoms. The Bertz CT molecular complexity index is 1140. The second kappa shape index (κ2) is 11.7. The monoisotopic (exact) mass is 559 g/mol. The summed E-state index contributed by atoms with van der Waals surface area (Å²) in [5.41, 5.74) is 1.28. The minimum absolute atomic E-state index is 0.00267. The Morgan fingerprint density at radius 2 is 1.85 bits per heavy atom. The average Bonchev–Trinajstić information content (AvgIpc) is 3.28. The molecule has 9 nitrogen and oxygen atoms in total. The standard InChI is InChI=1S/C29H39F2N5O4/c1-28(2,3)19-4-6-21(7-5-19)36(27(40)23-15-22(37)16-35(23)17-32)25(18-10-13-33-24(38)14-18)26(39)34-20-8-11-29(30,31)12-9-20/h4-7,18,20,22-23,25,37H,8-16H2,1-3H3,(H,33,38)(H,34,39). The zero-order chi connectivity index (χ0) is 29.2. The number of nitriles is 1. The number of carbonyl (C=O) groups excluding carboxylic acids is 3. The van der Waals surface area contributed by atoms with E-state index >= 15 is 0 Å². The molecule has 40 heavy (non-hydrogen) atoms. The number of likely N-dealkylation sites (tertiary alicyclic amines) is 1. The molecule has 1 aromatic rings.